The number of fused-ring (bicyclic) bond motifs is 1. The van der Waals surface area contributed by atoms with E-state index in [2.05, 4.69) is 10.3 Å². The third-order valence-electron chi connectivity index (χ3n) is 4.05. The van der Waals surface area contributed by atoms with Crippen LogP contribution in [0.3, 0.4) is 0 Å². The molecule has 2 heterocycles. The molecule has 0 aliphatic rings. The maximum atomic E-state index is 13.0. The molecule has 0 bridgehead atoms. The number of pyridine rings is 1. The summed E-state index contributed by atoms with van der Waals surface area (Å²) in [4.78, 5) is 16.6. The smallest absolute Gasteiger partial charge is 0.350 e. The first-order valence-corrected chi connectivity index (χ1v) is 9.37. The Labute approximate surface area is 158 Å². The highest BCUT2D eigenvalue weighted by atomic mass is 32.2. The molecule has 3 rings (SSSR count). The van der Waals surface area contributed by atoms with Crippen molar-refractivity contribution in [1.29, 1.82) is 0 Å². The lowest BCUT2D eigenvalue weighted by Gasteiger charge is -2.13. The van der Waals surface area contributed by atoms with Gasteiger partial charge in [0.25, 0.3) is 0 Å². The Hall–Kier alpha value is -2.48. The van der Waals surface area contributed by atoms with Crippen molar-refractivity contribution in [2.75, 3.05) is 5.75 Å². The summed E-state index contributed by atoms with van der Waals surface area (Å²) < 4.78 is 40.9. The predicted octanol–water partition coefficient (Wildman–Crippen LogP) is 4.48. The van der Waals surface area contributed by atoms with Gasteiger partial charge in [-0.15, -0.1) is 11.8 Å². The van der Waals surface area contributed by atoms with E-state index in [0.29, 0.717) is 0 Å². The normalized spacial score (nSPS) is 11.7. The number of amides is 1. The van der Waals surface area contributed by atoms with Crippen LogP contribution >= 0.6 is 11.8 Å². The number of hydrogen-bond acceptors (Lipinski definition) is 3. The fraction of sp³-hybridized carbons (Fsp3) is 0.263. The Morgan fingerprint density at radius 2 is 2.00 bits per heavy atom. The molecule has 1 aromatic carbocycles. The van der Waals surface area contributed by atoms with Crippen molar-refractivity contribution in [3.8, 4) is 0 Å². The van der Waals surface area contributed by atoms with Gasteiger partial charge in [0.2, 0.25) is 5.91 Å². The van der Waals surface area contributed by atoms with Gasteiger partial charge in [-0.25, -0.2) is 4.98 Å². The molecule has 0 atom stereocenters. The monoisotopic (exact) mass is 393 g/mol. The lowest BCUT2D eigenvalue weighted by Crippen LogP contribution is -2.28. The quantitative estimate of drug-likeness (QED) is 0.628. The number of benzene rings is 1. The molecule has 0 radical (unpaired) electrons. The minimum absolute atomic E-state index is 0.0257. The summed E-state index contributed by atoms with van der Waals surface area (Å²) in [6.45, 7) is 1.89. The van der Waals surface area contributed by atoms with Gasteiger partial charge in [0.05, 0.1) is 11.1 Å². The van der Waals surface area contributed by atoms with E-state index >= 15 is 0 Å². The number of rotatable bonds is 6. The van der Waals surface area contributed by atoms with Crippen molar-refractivity contribution in [1.82, 2.24) is 14.9 Å². The van der Waals surface area contributed by atoms with E-state index in [1.165, 1.54) is 18.2 Å². The predicted molar refractivity (Wildman–Crippen MR) is 99.4 cm³/mol. The first-order valence-electron chi connectivity index (χ1n) is 8.38. The molecule has 27 heavy (non-hydrogen) atoms. The molecule has 8 heteroatoms. The molecular formula is C19H18F3N3OS. The third kappa shape index (κ3) is 4.44. The Kier molecular flexibility index (Phi) is 5.74. The molecule has 0 saturated heterocycles. The highest BCUT2D eigenvalue weighted by Crippen LogP contribution is 2.31. The Balaban J connectivity index is 1.71. The number of halogens is 3. The van der Waals surface area contributed by atoms with E-state index in [4.69, 9.17) is 0 Å². The number of aromatic nitrogens is 2. The number of carbonyl (C=O) groups excluding carboxylic acids is 1. The van der Waals surface area contributed by atoms with Crippen LogP contribution in [0.5, 0.6) is 0 Å². The number of nitrogens with zero attached hydrogens (tertiary/aromatic N) is 2. The van der Waals surface area contributed by atoms with Gasteiger partial charge in [0, 0.05) is 24.3 Å². The van der Waals surface area contributed by atoms with Gasteiger partial charge < -0.3 is 9.88 Å². The van der Waals surface area contributed by atoms with Crippen LogP contribution in [0.25, 0.3) is 10.9 Å². The van der Waals surface area contributed by atoms with Gasteiger partial charge in [0.15, 0.2) is 0 Å². The van der Waals surface area contributed by atoms with Crippen LogP contribution in [0.15, 0.2) is 53.8 Å². The molecule has 3 aromatic rings. The van der Waals surface area contributed by atoms with Gasteiger partial charge >= 0.3 is 6.18 Å². The van der Waals surface area contributed by atoms with Crippen molar-refractivity contribution in [2.24, 2.45) is 0 Å². The van der Waals surface area contributed by atoms with E-state index in [0.717, 1.165) is 27.7 Å². The summed E-state index contributed by atoms with van der Waals surface area (Å²) in [5.41, 5.74) is 0.178. The molecular weight excluding hydrogens is 375 g/mol. The Morgan fingerprint density at radius 3 is 2.74 bits per heavy atom. The van der Waals surface area contributed by atoms with Crippen molar-refractivity contribution in [3.63, 3.8) is 0 Å². The zero-order chi connectivity index (χ0) is 19.4. The molecule has 1 amide bonds. The average molecular weight is 393 g/mol. The Morgan fingerprint density at radius 1 is 1.22 bits per heavy atom. The van der Waals surface area contributed by atoms with E-state index in [1.54, 1.807) is 28.7 Å². The zero-order valence-corrected chi connectivity index (χ0v) is 15.4. The molecule has 0 unspecified atom stereocenters. The first kappa shape index (κ1) is 19.3. The maximum Gasteiger partial charge on any atom is 0.416 e. The summed E-state index contributed by atoms with van der Waals surface area (Å²) in [6.07, 6.45) is -0.970. The van der Waals surface area contributed by atoms with Crippen LogP contribution in [0.4, 0.5) is 13.2 Å². The van der Waals surface area contributed by atoms with Crippen molar-refractivity contribution < 1.29 is 18.0 Å². The molecule has 0 spiro atoms. The maximum absolute atomic E-state index is 13.0. The summed E-state index contributed by atoms with van der Waals surface area (Å²) in [5, 5.41) is 4.43. The lowest BCUT2D eigenvalue weighted by molar-refractivity contribution is -0.138. The third-order valence-corrected chi connectivity index (χ3v) is 4.94. The first-order chi connectivity index (χ1) is 12.9. The average Bonchev–Trinajstić information content (AvgIpc) is 3.04. The molecule has 2 aromatic heterocycles. The summed E-state index contributed by atoms with van der Waals surface area (Å²) in [7, 11) is 0. The fourth-order valence-electron chi connectivity index (χ4n) is 2.84. The second-order valence-corrected chi connectivity index (χ2v) is 7.11. The summed E-state index contributed by atoms with van der Waals surface area (Å²) in [6, 6.07) is 8.96. The van der Waals surface area contributed by atoms with E-state index < -0.39 is 11.7 Å². The van der Waals surface area contributed by atoms with Crippen LogP contribution in [0.1, 0.15) is 18.1 Å². The topological polar surface area (TPSA) is 46.9 Å². The van der Waals surface area contributed by atoms with Gasteiger partial charge in [-0.1, -0.05) is 25.1 Å². The minimum Gasteiger partial charge on any atom is -0.350 e. The van der Waals surface area contributed by atoms with Gasteiger partial charge in [-0.3, -0.25) is 4.79 Å². The van der Waals surface area contributed by atoms with Gasteiger partial charge in [0.1, 0.15) is 11.6 Å². The second-order valence-electron chi connectivity index (χ2n) is 5.86. The van der Waals surface area contributed by atoms with Crippen molar-refractivity contribution in [2.45, 2.75) is 31.2 Å². The lowest BCUT2D eigenvalue weighted by atomic mass is 10.1. The number of nitrogens with one attached hydrogen (secondary N) is 1. The number of carbonyl (C=O) groups is 1. The molecule has 0 fully saturated rings. The minimum atomic E-state index is -4.45. The largest absolute Gasteiger partial charge is 0.416 e. The fourth-order valence-corrected chi connectivity index (χ4v) is 3.58. The number of thioether (sulfide) groups is 1. The Bertz CT molecular complexity index is 953. The van der Waals surface area contributed by atoms with Crippen LogP contribution in [0, 0.1) is 0 Å². The molecule has 0 aliphatic carbocycles. The highest BCUT2D eigenvalue weighted by Gasteiger charge is 2.32. The zero-order valence-electron chi connectivity index (χ0n) is 14.6. The van der Waals surface area contributed by atoms with Gasteiger partial charge in [-0.2, -0.15) is 13.2 Å². The van der Waals surface area contributed by atoms with Crippen LogP contribution in [-0.4, -0.2) is 21.2 Å². The van der Waals surface area contributed by atoms with Crippen LogP contribution in [-0.2, 0) is 24.1 Å². The van der Waals surface area contributed by atoms with Crippen molar-refractivity contribution in [3.05, 3.63) is 59.9 Å². The number of hydrogen-bond donors (Lipinski definition) is 1. The summed E-state index contributed by atoms with van der Waals surface area (Å²) in [5.74, 6) is 0.530. The molecule has 4 nitrogen and oxygen atoms in total. The van der Waals surface area contributed by atoms with Crippen molar-refractivity contribution >= 4 is 28.6 Å². The van der Waals surface area contributed by atoms with Crippen LogP contribution in [0.2, 0.25) is 0 Å². The number of alkyl halides is 3. The molecule has 0 saturated carbocycles. The van der Waals surface area contributed by atoms with E-state index in [9.17, 15) is 18.0 Å². The molecule has 0 aliphatic heterocycles. The van der Waals surface area contributed by atoms with Crippen LogP contribution < -0.4 is 5.32 Å². The second kappa shape index (κ2) is 8.04. The van der Waals surface area contributed by atoms with E-state index in [-0.39, 0.29) is 24.6 Å². The highest BCUT2D eigenvalue weighted by molar-refractivity contribution is 7.99. The van der Waals surface area contributed by atoms with Gasteiger partial charge in [-0.05, 0) is 29.5 Å². The van der Waals surface area contributed by atoms with E-state index in [1.807, 2.05) is 19.1 Å². The molecule has 142 valence electrons. The standard InChI is InChI=1S/C19H18F3N3OS/c1-2-27-18-14-8-10-25(16(14)7-9-23-18)12-17(26)24-11-13-5-3-4-6-15(13)19(20,21)22/h3-10H,2,11-12H2,1H3,(H,24,26). The molecule has 1 N–H and O–H groups in total. The SMILES string of the molecule is CCSc1nccc2c1ccn2CC(=O)NCc1ccccc1C(F)(F)F. The summed E-state index contributed by atoms with van der Waals surface area (Å²) >= 11 is 1.62.